The summed E-state index contributed by atoms with van der Waals surface area (Å²) in [6.07, 6.45) is 0.256. The van der Waals surface area contributed by atoms with Gasteiger partial charge >= 0.3 is 6.09 Å². The Bertz CT molecular complexity index is 331. The molecule has 0 bridgehead atoms. The van der Waals surface area contributed by atoms with E-state index in [0.717, 1.165) is 6.54 Å². The number of nitrogens with zero attached hydrogens (tertiary/aromatic N) is 1. The maximum atomic E-state index is 12.1. The van der Waals surface area contributed by atoms with Crippen LogP contribution < -0.4 is 5.32 Å². The van der Waals surface area contributed by atoms with Crippen LogP contribution in [0.2, 0.25) is 0 Å². The lowest BCUT2D eigenvalue weighted by Gasteiger charge is -2.29. The summed E-state index contributed by atoms with van der Waals surface area (Å²) in [6, 6.07) is 0.516. The van der Waals surface area contributed by atoms with Crippen molar-refractivity contribution in [1.29, 1.82) is 0 Å². The molecular weight excluding hydrogens is 288 g/mol. The zero-order valence-electron chi connectivity index (χ0n) is 13.9. The van der Waals surface area contributed by atoms with Gasteiger partial charge in [0.25, 0.3) is 0 Å². The molecule has 3 atom stereocenters. The standard InChI is InChI=1S/C15H30N2O3S/c1-11(18)10-17(14(19)20-15(3,4)5)8-7-16-13-6-9-21-12(13)2/h11-13,16,18H,6-10H2,1-5H3. The Morgan fingerprint density at radius 3 is 2.67 bits per heavy atom. The Morgan fingerprint density at radius 1 is 1.52 bits per heavy atom. The summed E-state index contributed by atoms with van der Waals surface area (Å²) >= 11 is 1.98. The Hall–Kier alpha value is -0.460. The zero-order chi connectivity index (χ0) is 16.0. The van der Waals surface area contributed by atoms with Crippen molar-refractivity contribution in [2.45, 2.75) is 64.0 Å². The van der Waals surface area contributed by atoms with Crippen LogP contribution >= 0.6 is 11.8 Å². The molecule has 1 aliphatic rings. The largest absolute Gasteiger partial charge is 0.444 e. The maximum Gasteiger partial charge on any atom is 0.410 e. The van der Waals surface area contributed by atoms with Crippen LogP contribution in [0.15, 0.2) is 0 Å². The lowest BCUT2D eigenvalue weighted by Crippen LogP contribution is -2.45. The number of thioether (sulfide) groups is 1. The maximum absolute atomic E-state index is 12.1. The van der Waals surface area contributed by atoms with E-state index >= 15 is 0 Å². The Balaban J connectivity index is 2.43. The molecule has 0 spiro atoms. The fraction of sp³-hybridized carbons (Fsp3) is 0.933. The second kappa shape index (κ2) is 8.25. The first-order chi connectivity index (χ1) is 9.69. The highest BCUT2D eigenvalue weighted by atomic mass is 32.2. The minimum atomic E-state index is -0.557. The van der Waals surface area contributed by atoms with Crippen molar-refractivity contribution in [3.63, 3.8) is 0 Å². The molecule has 1 heterocycles. The first-order valence-corrected chi connectivity index (χ1v) is 8.75. The highest BCUT2D eigenvalue weighted by molar-refractivity contribution is 8.00. The smallest absolute Gasteiger partial charge is 0.410 e. The van der Waals surface area contributed by atoms with Gasteiger partial charge in [-0.1, -0.05) is 6.92 Å². The lowest BCUT2D eigenvalue weighted by molar-refractivity contribution is 0.0163. The van der Waals surface area contributed by atoms with Gasteiger partial charge in [-0.3, -0.25) is 0 Å². The van der Waals surface area contributed by atoms with E-state index in [2.05, 4.69) is 12.2 Å². The molecule has 0 aromatic rings. The number of carbonyl (C=O) groups is 1. The molecule has 5 nitrogen and oxygen atoms in total. The molecule has 1 saturated heterocycles. The molecule has 0 aromatic carbocycles. The molecule has 0 aromatic heterocycles. The Morgan fingerprint density at radius 2 is 2.19 bits per heavy atom. The van der Waals surface area contributed by atoms with Crippen molar-refractivity contribution in [2.75, 3.05) is 25.4 Å². The van der Waals surface area contributed by atoms with E-state index in [9.17, 15) is 9.90 Å². The molecule has 21 heavy (non-hydrogen) atoms. The molecule has 124 valence electrons. The fourth-order valence-electron chi connectivity index (χ4n) is 2.29. The topological polar surface area (TPSA) is 61.8 Å². The van der Waals surface area contributed by atoms with Crippen LogP contribution in [0.4, 0.5) is 4.79 Å². The third-order valence-corrected chi connectivity index (χ3v) is 4.63. The normalized spacial score (nSPS) is 23.9. The summed E-state index contributed by atoms with van der Waals surface area (Å²) in [7, 11) is 0. The van der Waals surface area contributed by atoms with Gasteiger partial charge in [0, 0.05) is 30.9 Å². The number of nitrogens with one attached hydrogen (secondary N) is 1. The minimum absolute atomic E-state index is 0.297. The second-order valence-corrected chi connectivity index (χ2v) is 8.19. The van der Waals surface area contributed by atoms with Gasteiger partial charge < -0.3 is 20.1 Å². The molecular formula is C15H30N2O3S. The number of hydrogen-bond donors (Lipinski definition) is 2. The van der Waals surface area contributed by atoms with Crippen molar-refractivity contribution in [1.82, 2.24) is 10.2 Å². The molecule has 1 aliphatic heterocycles. The minimum Gasteiger partial charge on any atom is -0.444 e. The Labute approximate surface area is 132 Å². The lowest BCUT2D eigenvalue weighted by atomic mass is 10.2. The van der Waals surface area contributed by atoms with Gasteiger partial charge in [0.2, 0.25) is 0 Å². The summed E-state index contributed by atoms with van der Waals surface area (Å²) in [5.74, 6) is 1.20. The van der Waals surface area contributed by atoms with Crippen LogP contribution in [0.5, 0.6) is 0 Å². The fourth-order valence-corrected chi connectivity index (χ4v) is 3.51. The highest BCUT2D eigenvalue weighted by Gasteiger charge is 2.25. The van der Waals surface area contributed by atoms with Crippen LogP contribution in [-0.4, -0.2) is 64.5 Å². The van der Waals surface area contributed by atoms with Crippen LogP contribution in [0.1, 0.15) is 41.0 Å². The number of carbonyl (C=O) groups excluding carboxylic acids is 1. The van der Waals surface area contributed by atoms with E-state index in [1.165, 1.54) is 12.2 Å². The van der Waals surface area contributed by atoms with Gasteiger partial charge in [-0.05, 0) is 39.9 Å². The van der Waals surface area contributed by atoms with E-state index in [-0.39, 0.29) is 6.09 Å². The SMILES string of the molecule is CC(O)CN(CCNC1CCSC1C)C(=O)OC(C)(C)C. The van der Waals surface area contributed by atoms with Crippen LogP contribution in [0, 0.1) is 0 Å². The van der Waals surface area contributed by atoms with Crippen LogP contribution in [0.3, 0.4) is 0 Å². The van der Waals surface area contributed by atoms with Gasteiger partial charge in [0.15, 0.2) is 0 Å². The van der Waals surface area contributed by atoms with Crippen molar-refractivity contribution < 1.29 is 14.6 Å². The van der Waals surface area contributed by atoms with Crippen LogP contribution in [0.25, 0.3) is 0 Å². The van der Waals surface area contributed by atoms with Gasteiger partial charge in [0.1, 0.15) is 5.60 Å². The molecule has 1 fully saturated rings. The van der Waals surface area contributed by atoms with E-state index in [0.29, 0.717) is 24.4 Å². The molecule has 3 unspecified atom stereocenters. The first-order valence-electron chi connectivity index (χ1n) is 7.70. The van der Waals surface area contributed by atoms with Gasteiger partial charge in [-0.15, -0.1) is 0 Å². The molecule has 2 N–H and O–H groups in total. The molecule has 0 saturated carbocycles. The van der Waals surface area contributed by atoms with Gasteiger partial charge in [-0.25, -0.2) is 4.79 Å². The number of aliphatic hydroxyl groups is 1. The van der Waals surface area contributed by atoms with Crippen molar-refractivity contribution >= 4 is 17.9 Å². The number of rotatable bonds is 6. The molecule has 0 radical (unpaired) electrons. The average molecular weight is 318 g/mol. The summed E-state index contributed by atoms with van der Waals surface area (Å²) in [4.78, 5) is 13.7. The average Bonchev–Trinajstić information content (AvgIpc) is 2.71. The summed E-state index contributed by atoms with van der Waals surface area (Å²) in [5, 5.41) is 13.7. The quantitative estimate of drug-likeness (QED) is 0.785. The molecule has 1 rings (SSSR count). The Kier molecular flexibility index (Phi) is 7.30. The van der Waals surface area contributed by atoms with E-state index < -0.39 is 11.7 Å². The number of amides is 1. The van der Waals surface area contributed by atoms with Crippen molar-refractivity contribution in [3.8, 4) is 0 Å². The highest BCUT2D eigenvalue weighted by Crippen LogP contribution is 2.25. The summed E-state index contributed by atoms with van der Waals surface area (Å²) in [5.41, 5.74) is -0.516. The number of ether oxygens (including phenoxy) is 1. The predicted octanol–water partition coefficient (Wildman–Crippen LogP) is 2.09. The molecule has 0 aliphatic carbocycles. The van der Waals surface area contributed by atoms with E-state index in [1.54, 1.807) is 11.8 Å². The number of hydrogen-bond acceptors (Lipinski definition) is 5. The van der Waals surface area contributed by atoms with E-state index in [1.807, 2.05) is 32.5 Å². The predicted molar refractivity (Wildman–Crippen MR) is 87.8 cm³/mol. The first kappa shape index (κ1) is 18.6. The van der Waals surface area contributed by atoms with Crippen molar-refractivity contribution in [2.24, 2.45) is 0 Å². The van der Waals surface area contributed by atoms with Gasteiger partial charge in [0.05, 0.1) is 6.10 Å². The molecule has 1 amide bonds. The monoisotopic (exact) mass is 318 g/mol. The third-order valence-electron chi connectivity index (χ3n) is 3.30. The third kappa shape index (κ3) is 7.38. The van der Waals surface area contributed by atoms with Gasteiger partial charge in [-0.2, -0.15) is 11.8 Å². The van der Waals surface area contributed by atoms with Crippen molar-refractivity contribution in [3.05, 3.63) is 0 Å². The zero-order valence-corrected chi connectivity index (χ0v) is 14.7. The number of aliphatic hydroxyl groups excluding tert-OH is 1. The second-order valence-electron chi connectivity index (χ2n) is 6.70. The van der Waals surface area contributed by atoms with Crippen LogP contribution in [-0.2, 0) is 4.74 Å². The molecule has 6 heteroatoms. The summed E-state index contributed by atoms with van der Waals surface area (Å²) < 4.78 is 5.39. The summed E-state index contributed by atoms with van der Waals surface area (Å²) in [6.45, 7) is 11.0. The van der Waals surface area contributed by atoms with E-state index in [4.69, 9.17) is 4.74 Å².